The molecule has 0 fully saturated rings. The number of aryl methyl sites for hydroxylation is 1. The third-order valence-corrected chi connectivity index (χ3v) is 3.54. The normalized spacial score (nSPS) is 13.0. The van der Waals surface area contributed by atoms with Crippen molar-refractivity contribution in [1.29, 1.82) is 0 Å². The fourth-order valence-electron chi connectivity index (χ4n) is 2.40. The summed E-state index contributed by atoms with van der Waals surface area (Å²) in [4.78, 5) is 9.43. The van der Waals surface area contributed by atoms with Gasteiger partial charge in [0, 0.05) is 11.6 Å². The first-order chi connectivity index (χ1) is 8.60. The van der Waals surface area contributed by atoms with E-state index in [0.717, 1.165) is 16.7 Å². The van der Waals surface area contributed by atoms with Crippen LogP contribution in [0.2, 0.25) is 0 Å². The summed E-state index contributed by atoms with van der Waals surface area (Å²) in [5.41, 5.74) is 5.84. The van der Waals surface area contributed by atoms with Gasteiger partial charge in [-0.05, 0) is 29.5 Å². The van der Waals surface area contributed by atoms with Crippen LogP contribution < -0.4 is 0 Å². The topological polar surface area (TPSA) is 25.8 Å². The first kappa shape index (κ1) is 14.0. The molecule has 102 valence electrons. The highest BCUT2D eigenvalue weighted by atomic mass is 14.8. The van der Waals surface area contributed by atoms with Gasteiger partial charge in [0.1, 0.15) is 0 Å². The Morgan fingerprint density at radius 1 is 0.895 bits per heavy atom. The van der Waals surface area contributed by atoms with Gasteiger partial charge in [0.25, 0.3) is 0 Å². The molecule has 0 N–H and O–H groups in total. The summed E-state index contributed by atoms with van der Waals surface area (Å²) in [7, 11) is 0. The Labute approximate surface area is 116 Å². The van der Waals surface area contributed by atoms with E-state index < -0.39 is 0 Å². The van der Waals surface area contributed by atoms with Crippen molar-refractivity contribution in [3.63, 3.8) is 0 Å². The van der Waals surface area contributed by atoms with Gasteiger partial charge >= 0.3 is 0 Å². The largest absolute Gasteiger partial charge is 0.252 e. The maximum Gasteiger partial charge on any atom is 0.0919 e. The lowest BCUT2D eigenvalue weighted by atomic mass is 9.83. The van der Waals surface area contributed by atoms with Gasteiger partial charge in [0.05, 0.1) is 16.7 Å². The Kier molecular flexibility index (Phi) is 3.16. The smallest absolute Gasteiger partial charge is 0.0919 e. The van der Waals surface area contributed by atoms with Gasteiger partial charge in [-0.2, -0.15) is 0 Å². The zero-order valence-corrected chi connectivity index (χ0v) is 13.1. The molecule has 1 aromatic carbocycles. The van der Waals surface area contributed by atoms with Gasteiger partial charge in [0.15, 0.2) is 0 Å². The van der Waals surface area contributed by atoms with Crippen LogP contribution in [0, 0.1) is 6.92 Å². The summed E-state index contributed by atoms with van der Waals surface area (Å²) in [6, 6.07) is 4.30. The molecule has 0 atom stereocenters. The van der Waals surface area contributed by atoms with Crippen molar-refractivity contribution in [2.24, 2.45) is 0 Å². The van der Waals surface area contributed by atoms with Crippen molar-refractivity contribution in [3.8, 4) is 0 Å². The third-order valence-electron chi connectivity index (χ3n) is 3.54. The minimum Gasteiger partial charge on any atom is -0.252 e. The van der Waals surface area contributed by atoms with E-state index in [0.29, 0.717) is 0 Å². The predicted octanol–water partition coefficient (Wildman–Crippen LogP) is 4.53. The average Bonchev–Trinajstić information content (AvgIpc) is 2.26. The molecule has 0 saturated carbocycles. The molecule has 1 aromatic heterocycles. The van der Waals surface area contributed by atoms with Gasteiger partial charge in [-0.1, -0.05) is 47.6 Å². The highest BCUT2D eigenvalue weighted by Gasteiger charge is 2.20. The molecule has 0 aliphatic rings. The van der Waals surface area contributed by atoms with Crippen molar-refractivity contribution in [2.45, 2.75) is 59.3 Å². The number of nitrogens with zero attached hydrogens (tertiary/aromatic N) is 2. The van der Waals surface area contributed by atoms with E-state index in [9.17, 15) is 0 Å². The standard InChI is InChI=1S/C17H24N2/c1-11-12(16(2,3)4)8-9-13-15(11)18-10-14(19-13)17(5,6)7/h8-10H,1-7H3. The molecule has 0 unspecified atom stereocenters. The van der Waals surface area contributed by atoms with E-state index in [4.69, 9.17) is 4.98 Å². The van der Waals surface area contributed by atoms with Gasteiger partial charge in [-0.15, -0.1) is 0 Å². The van der Waals surface area contributed by atoms with Crippen LogP contribution >= 0.6 is 0 Å². The molecule has 2 nitrogen and oxygen atoms in total. The highest BCUT2D eigenvalue weighted by Crippen LogP contribution is 2.30. The van der Waals surface area contributed by atoms with Gasteiger partial charge in [-0.3, -0.25) is 4.98 Å². The van der Waals surface area contributed by atoms with Crippen LogP contribution in [-0.4, -0.2) is 9.97 Å². The molecule has 19 heavy (non-hydrogen) atoms. The maximum absolute atomic E-state index is 4.77. The zero-order valence-electron chi connectivity index (χ0n) is 13.1. The van der Waals surface area contributed by atoms with Crippen molar-refractivity contribution in [3.05, 3.63) is 35.2 Å². The molecule has 0 spiro atoms. The molecule has 0 bridgehead atoms. The van der Waals surface area contributed by atoms with E-state index in [-0.39, 0.29) is 10.8 Å². The van der Waals surface area contributed by atoms with Crippen LogP contribution in [0.3, 0.4) is 0 Å². The molecular formula is C17H24N2. The van der Waals surface area contributed by atoms with Crippen LogP contribution in [0.25, 0.3) is 11.0 Å². The minimum absolute atomic E-state index is 0.0395. The Morgan fingerprint density at radius 3 is 2.05 bits per heavy atom. The molecule has 2 aromatic rings. The fourth-order valence-corrected chi connectivity index (χ4v) is 2.40. The van der Waals surface area contributed by atoms with Gasteiger partial charge < -0.3 is 0 Å². The second-order valence-electron chi connectivity index (χ2n) is 7.36. The molecule has 0 amide bonds. The summed E-state index contributed by atoms with van der Waals surface area (Å²) in [6.45, 7) is 15.3. The fraction of sp³-hybridized carbons (Fsp3) is 0.529. The predicted molar refractivity (Wildman–Crippen MR) is 81.7 cm³/mol. The SMILES string of the molecule is Cc1c(C(C)(C)C)ccc2nc(C(C)(C)C)cnc12. The monoisotopic (exact) mass is 256 g/mol. The van der Waals surface area contributed by atoms with Crippen molar-refractivity contribution in [2.75, 3.05) is 0 Å². The minimum atomic E-state index is 0.0395. The van der Waals surface area contributed by atoms with E-state index in [1.807, 2.05) is 6.20 Å². The van der Waals surface area contributed by atoms with Crippen LogP contribution in [0.15, 0.2) is 18.3 Å². The van der Waals surface area contributed by atoms with E-state index in [1.54, 1.807) is 0 Å². The van der Waals surface area contributed by atoms with Crippen molar-refractivity contribution >= 4 is 11.0 Å². The lowest BCUT2D eigenvalue weighted by Crippen LogP contribution is -2.16. The summed E-state index contributed by atoms with van der Waals surface area (Å²) in [5.74, 6) is 0. The third kappa shape index (κ3) is 2.63. The lowest BCUT2D eigenvalue weighted by molar-refractivity contribution is 0.568. The van der Waals surface area contributed by atoms with Crippen LogP contribution in [-0.2, 0) is 10.8 Å². The lowest BCUT2D eigenvalue weighted by Gasteiger charge is -2.23. The second-order valence-corrected chi connectivity index (χ2v) is 7.36. The van der Waals surface area contributed by atoms with Gasteiger partial charge in [-0.25, -0.2) is 4.98 Å². The molecule has 0 saturated heterocycles. The number of aromatic nitrogens is 2. The Morgan fingerprint density at radius 2 is 1.53 bits per heavy atom. The van der Waals surface area contributed by atoms with E-state index in [2.05, 4.69) is 65.6 Å². The average molecular weight is 256 g/mol. The van der Waals surface area contributed by atoms with Crippen LogP contribution in [0.4, 0.5) is 0 Å². The van der Waals surface area contributed by atoms with E-state index in [1.165, 1.54) is 11.1 Å². The first-order valence-corrected chi connectivity index (χ1v) is 6.88. The van der Waals surface area contributed by atoms with Gasteiger partial charge in [0.2, 0.25) is 0 Å². The number of hydrogen-bond acceptors (Lipinski definition) is 2. The molecule has 0 aliphatic carbocycles. The maximum atomic E-state index is 4.77. The Hall–Kier alpha value is -1.44. The molecule has 2 rings (SSSR count). The van der Waals surface area contributed by atoms with Crippen LogP contribution in [0.1, 0.15) is 58.4 Å². The van der Waals surface area contributed by atoms with Crippen molar-refractivity contribution < 1.29 is 0 Å². The quantitative estimate of drug-likeness (QED) is 0.692. The number of rotatable bonds is 0. The molecule has 1 heterocycles. The Bertz CT molecular complexity index is 613. The molecule has 0 aliphatic heterocycles. The zero-order chi connectivity index (χ0) is 14.4. The number of benzene rings is 1. The number of fused-ring (bicyclic) bond motifs is 1. The molecular weight excluding hydrogens is 232 g/mol. The highest BCUT2D eigenvalue weighted by molar-refractivity contribution is 5.79. The Balaban J connectivity index is 2.67. The summed E-state index contributed by atoms with van der Waals surface area (Å²) >= 11 is 0. The summed E-state index contributed by atoms with van der Waals surface area (Å²) in [6.07, 6.45) is 1.92. The second kappa shape index (κ2) is 4.29. The molecule has 2 heteroatoms. The molecule has 0 radical (unpaired) electrons. The van der Waals surface area contributed by atoms with Crippen LogP contribution in [0.5, 0.6) is 0 Å². The summed E-state index contributed by atoms with van der Waals surface area (Å²) < 4.78 is 0. The number of hydrogen-bond donors (Lipinski definition) is 0. The van der Waals surface area contributed by atoms with E-state index >= 15 is 0 Å². The first-order valence-electron chi connectivity index (χ1n) is 6.88. The van der Waals surface area contributed by atoms with Crippen molar-refractivity contribution in [1.82, 2.24) is 9.97 Å². The summed E-state index contributed by atoms with van der Waals surface area (Å²) in [5, 5.41) is 0.